The van der Waals surface area contributed by atoms with Gasteiger partial charge in [-0.2, -0.15) is 8.78 Å². The van der Waals surface area contributed by atoms with Gasteiger partial charge in [0.15, 0.2) is 0 Å². The van der Waals surface area contributed by atoms with E-state index in [0.717, 1.165) is 6.07 Å². The van der Waals surface area contributed by atoms with E-state index in [1.54, 1.807) is 0 Å². The van der Waals surface area contributed by atoms with Crippen molar-refractivity contribution in [1.82, 2.24) is 4.98 Å². The molecule has 0 aliphatic carbocycles. The van der Waals surface area contributed by atoms with E-state index in [2.05, 4.69) is 9.72 Å². The number of carbonyl (C=O) groups is 1. The van der Waals surface area contributed by atoms with Gasteiger partial charge in [0.2, 0.25) is 5.88 Å². The number of aromatic carboxylic acids is 1. The number of hydrogen-bond acceptors (Lipinski definition) is 3. The lowest BCUT2D eigenvalue weighted by Crippen LogP contribution is -2.09. The first-order valence-electron chi connectivity index (χ1n) is 3.35. The first-order valence-corrected chi connectivity index (χ1v) is 3.73. The molecule has 1 rings (SSSR count). The van der Waals surface area contributed by atoms with Crippen LogP contribution < -0.4 is 4.74 Å². The predicted octanol–water partition coefficient (Wildman–Crippen LogP) is 2.03. The van der Waals surface area contributed by atoms with Crippen molar-refractivity contribution in [2.75, 3.05) is 0 Å². The Hall–Kier alpha value is -1.43. The fourth-order valence-corrected chi connectivity index (χ4v) is 0.895. The smallest absolute Gasteiger partial charge is 0.388 e. The van der Waals surface area contributed by atoms with E-state index >= 15 is 0 Å². The van der Waals surface area contributed by atoms with E-state index in [1.165, 1.54) is 6.07 Å². The number of aromatic nitrogens is 1. The first kappa shape index (κ1) is 10.6. The van der Waals surface area contributed by atoms with Crippen LogP contribution in [-0.2, 0) is 0 Å². The highest BCUT2D eigenvalue weighted by molar-refractivity contribution is 6.29. The zero-order valence-electron chi connectivity index (χ0n) is 6.58. The van der Waals surface area contributed by atoms with E-state index < -0.39 is 24.0 Å². The van der Waals surface area contributed by atoms with Crippen LogP contribution in [0.5, 0.6) is 5.88 Å². The molecule has 14 heavy (non-hydrogen) atoms. The van der Waals surface area contributed by atoms with Crippen molar-refractivity contribution in [3.05, 3.63) is 22.8 Å². The van der Waals surface area contributed by atoms with Crippen molar-refractivity contribution in [2.24, 2.45) is 0 Å². The summed E-state index contributed by atoms with van der Waals surface area (Å²) in [7, 11) is 0. The number of hydrogen-bond donors (Lipinski definition) is 1. The van der Waals surface area contributed by atoms with Gasteiger partial charge in [0.25, 0.3) is 0 Å². The standard InChI is InChI=1S/C7H4ClF2NO3/c8-4-2-1-3(6(12)13)5(11-4)14-7(9)10/h1-2,7H,(H,12,13). The molecule has 1 aromatic heterocycles. The van der Waals surface area contributed by atoms with Gasteiger partial charge >= 0.3 is 12.6 Å². The van der Waals surface area contributed by atoms with Gasteiger partial charge < -0.3 is 9.84 Å². The molecule has 0 aliphatic rings. The summed E-state index contributed by atoms with van der Waals surface area (Å²) in [4.78, 5) is 13.8. The van der Waals surface area contributed by atoms with Crippen LogP contribution in [-0.4, -0.2) is 22.7 Å². The summed E-state index contributed by atoms with van der Waals surface area (Å²) >= 11 is 5.38. The summed E-state index contributed by atoms with van der Waals surface area (Å²) < 4.78 is 27.5. The van der Waals surface area contributed by atoms with Crippen molar-refractivity contribution in [3.63, 3.8) is 0 Å². The Morgan fingerprint density at radius 1 is 1.57 bits per heavy atom. The van der Waals surface area contributed by atoms with E-state index in [9.17, 15) is 13.6 Å². The molecule has 7 heteroatoms. The molecular weight excluding hydrogens is 220 g/mol. The van der Waals surface area contributed by atoms with Crippen molar-refractivity contribution in [2.45, 2.75) is 6.61 Å². The van der Waals surface area contributed by atoms with Gasteiger partial charge in [0.1, 0.15) is 10.7 Å². The third-order valence-electron chi connectivity index (χ3n) is 1.26. The summed E-state index contributed by atoms with van der Waals surface area (Å²) in [6.45, 7) is -3.14. The molecule has 0 saturated carbocycles. The number of carboxylic acid groups (broad SMARTS) is 1. The fourth-order valence-electron chi connectivity index (χ4n) is 0.755. The maximum Gasteiger partial charge on any atom is 0.388 e. The molecule has 76 valence electrons. The van der Waals surface area contributed by atoms with Gasteiger partial charge in [-0.3, -0.25) is 0 Å². The Morgan fingerprint density at radius 2 is 2.21 bits per heavy atom. The molecule has 0 aliphatic heterocycles. The average Bonchev–Trinajstić information content (AvgIpc) is 2.01. The molecular formula is C7H4ClF2NO3. The molecule has 0 bridgehead atoms. The lowest BCUT2D eigenvalue weighted by molar-refractivity contribution is -0.0533. The Kier molecular flexibility index (Phi) is 3.19. The molecule has 1 heterocycles. The van der Waals surface area contributed by atoms with E-state index in [-0.39, 0.29) is 5.15 Å². The van der Waals surface area contributed by atoms with Crippen molar-refractivity contribution < 1.29 is 23.4 Å². The van der Waals surface area contributed by atoms with Crippen molar-refractivity contribution >= 4 is 17.6 Å². The van der Waals surface area contributed by atoms with Crippen LogP contribution in [0, 0.1) is 0 Å². The number of nitrogens with zero attached hydrogens (tertiary/aromatic N) is 1. The zero-order chi connectivity index (χ0) is 10.7. The average molecular weight is 224 g/mol. The van der Waals surface area contributed by atoms with Crippen LogP contribution in [0.2, 0.25) is 5.15 Å². The third kappa shape index (κ3) is 2.53. The van der Waals surface area contributed by atoms with Crippen molar-refractivity contribution in [1.29, 1.82) is 0 Å². The summed E-state index contributed by atoms with van der Waals surface area (Å²) in [6.07, 6.45) is 0. The van der Waals surface area contributed by atoms with Crippen LogP contribution in [0.3, 0.4) is 0 Å². The number of pyridine rings is 1. The monoisotopic (exact) mass is 223 g/mol. The van der Waals surface area contributed by atoms with Crippen LogP contribution in [0.15, 0.2) is 12.1 Å². The predicted molar refractivity (Wildman–Crippen MR) is 42.8 cm³/mol. The Bertz CT molecular complexity index is 359. The van der Waals surface area contributed by atoms with Crippen molar-refractivity contribution in [3.8, 4) is 5.88 Å². The van der Waals surface area contributed by atoms with E-state index in [1.807, 2.05) is 0 Å². The second-order valence-corrected chi connectivity index (χ2v) is 2.56. The molecule has 0 unspecified atom stereocenters. The Balaban J connectivity index is 3.09. The Labute approximate surface area is 82.1 Å². The van der Waals surface area contributed by atoms with E-state index in [4.69, 9.17) is 16.7 Å². The largest absolute Gasteiger partial charge is 0.477 e. The SMILES string of the molecule is O=C(O)c1ccc(Cl)nc1OC(F)F. The molecule has 0 aromatic carbocycles. The normalized spacial score (nSPS) is 10.3. The summed E-state index contributed by atoms with van der Waals surface area (Å²) in [5.74, 6) is -2.11. The summed E-state index contributed by atoms with van der Waals surface area (Å²) in [6, 6.07) is 2.21. The quantitative estimate of drug-likeness (QED) is 0.797. The number of halogens is 3. The molecule has 1 N–H and O–H groups in total. The van der Waals surface area contributed by atoms with Crippen LogP contribution in [0.4, 0.5) is 8.78 Å². The summed E-state index contributed by atoms with van der Waals surface area (Å²) in [5.41, 5.74) is -0.463. The molecule has 1 aromatic rings. The zero-order valence-corrected chi connectivity index (χ0v) is 7.33. The van der Waals surface area contributed by atoms with Gasteiger partial charge in [-0.1, -0.05) is 11.6 Å². The van der Waals surface area contributed by atoms with Gasteiger partial charge in [-0.05, 0) is 12.1 Å². The van der Waals surface area contributed by atoms with Gasteiger partial charge in [0, 0.05) is 0 Å². The first-order chi connectivity index (χ1) is 6.50. The van der Waals surface area contributed by atoms with Gasteiger partial charge in [0.05, 0.1) is 0 Å². The second kappa shape index (κ2) is 4.19. The molecule has 0 fully saturated rings. The summed E-state index contributed by atoms with van der Waals surface area (Å²) in [5, 5.41) is 8.44. The highest BCUT2D eigenvalue weighted by Gasteiger charge is 2.16. The van der Waals surface area contributed by atoms with Gasteiger partial charge in [-0.15, -0.1) is 0 Å². The number of alkyl halides is 2. The molecule has 0 amide bonds. The number of ether oxygens (including phenoxy) is 1. The second-order valence-electron chi connectivity index (χ2n) is 2.17. The molecule has 0 saturated heterocycles. The Morgan fingerprint density at radius 3 is 2.71 bits per heavy atom. The minimum atomic E-state index is -3.14. The number of rotatable bonds is 3. The maximum absolute atomic E-state index is 11.8. The highest BCUT2D eigenvalue weighted by Crippen LogP contribution is 2.20. The van der Waals surface area contributed by atoms with Gasteiger partial charge in [-0.25, -0.2) is 9.78 Å². The molecule has 0 spiro atoms. The highest BCUT2D eigenvalue weighted by atomic mass is 35.5. The maximum atomic E-state index is 11.8. The molecule has 0 atom stereocenters. The minimum absolute atomic E-state index is 0.120. The van der Waals surface area contributed by atoms with E-state index in [0.29, 0.717) is 0 Å². The fraction of sp³-hybridized carbons (Fsp3) is 0.143. The lowest BCUT2D eigenvalue weighted by Gasteiger charge is -2.06. The topological polar surface area (TPSA) is 59.4 Å². The van der Waals surface area contributed by atoms with Crippen LogP contribution >= 0.6 is 11.6 Å². The lowest BCUT2D eigenvalue weighted by atomic mass is 10.3. The van der Waals surface area contributed by atoms with Crippen LogP contribution in [0.1, 0.15) is 10.4 Å². The van der Waals surface area contributed by atoms with Crippen LogP contribution in [0.25, 0.3) is 0 Å². The molecule has 0 radical (unpaired) electrons. The number of carboxylic acids is 1. The molecule has 4 nitrogen and oxygen atoms in total. The third-order valence-corrected chi connectivity index (χ3v) is 1.47. The minimum Gasteiger partial charge on any atom is -0.477 e.